The molecule has 0 aliphatic rings. The van der Waals surface area contributed by atoms with Crippen LogP contribution in [0, 0.1) is 5.41 Å². The molecule has 0 amide bonds. The lowest BCUT2D eigenvalue weighted by molar-refractivity contribution is 0.316. The van der Waals surface area contributed by atoms with Gasteiger partial charge in [-0.3, -0.25) is 0 Å². The molecule has 56 valence electrons. The van der Waals surface area contributed by atoms with Crippen LogP contribution in [-0.4, -0.2) is 10.8 Å². The van der Waals surface area contributed by atoms with Crippen LogP contribution in [0.2, 0.25) is 0 Å². The molecule has 0 nitrogen and oxygen atoms in total. The summed E-state index contributed by atoms with van der Waals surface area (Å²) < 4.78 is 0. The lowest BCUT2D eigenvalue weighted by Crippen LogP contribution is -2.35. The highest BCUT2D eigenvalue weighted by Gasteiger charge is 2.34. The van der Waals surface area contributed by atoms with Gasteiger partial charge in [0.15, 0.2) is 0 Å². The van der Waals surface area contributed by atoms with Gasteiger partial charge in [0.05, 0.1) is 4.87 Å². The third-order valence-electron chi connectivity index (χ3n) is 1.81. The van der Waals surface area contributed by atoms with E-state index < -0.39 is 0 Å². The van der Waals surface area contributed by atoms with E-state index in [4.69, 9.17) is 23.2 Å². The van der Waals surface area contributed by atoms with Gasteiger partial charge in [0.1, 0.15) is 0 Å². The van der Waals surface area contributed by atoms with E-state index in [1.54, 1.807) is 0 Å². The van der Waals surface area contributed by atoms with Crippen molar-refractivity contribution < 1.29 is 0 Å². The highest BCUT2D eigenvalue weighted by molar-refractivity contribution is 6.30. The number of halogens is 2. The summed E-state index contributed by atoms with van der Waals surface area (Å²) in [6.07, 6.45) is 0. The van der Waals surface area contributed by atoms with Crippen molar-refractivity contribution in [1.82, 2.24) is 0 Å². The Morgan fingerprint density at radius 3 is 1.44 bits per heavy atom. The molecule has 0 rings (SSSR count). The van der Waals surface area contributed by atoms with E-state index in [0.717, 1.165) is 0 Å². The molecule has 0 aromatic heterocycles. The zero-order chi connectivity index (χ0) is 7.71. The molecule has 0 aromatic carbocycles. The topological polar surface area (TPSA) is 0 Å². The average molecular weight is 169 g/mol. The van der Waals surface area contributed by atoms with Crippen LogP contribution in [0.3, 0.4) is 0 Å². The molecular weight excluding hydrogens is 155 g/mol. The third kappa shape index (κ3) is 2.35. The van der Waals surface area contributed by atoms with Crippen LogP contribution in [0.4, 0.5) is 0 Å². The van der Waals surface area contributed by atoms with Crippen LogP contribution >= 0.6 is 23.2 Å². The first-order chi connectivity index (χ1) is 3.81. The molecule has 0 N–H and O–H groups in total. The van der Waals surface area contributed by atoms with Crippen molar-refractivity contribution in [3.8, 4) is 0 Å². The normalized spacial score (nSPS) is 19.3. The van der Waals surface area contributed by atoms with E-state index in [1.165, 1.54) is 0 Å². The number of hydrogen-bond acceptors (Lipinski definition) is 0. The molecular formula is C7H14Cl2. The van der Waals surface area contributed by atoms with Gasteiger partial charge in [-0.05, 0) is 12.3 Å². The van der Waals surface area contributed by atoms with Crippen molar-refractivity contribution >= 4 is 23.2 Å². The van der Waals surface area contributed by atoms with Gasteiger partial charge in [0.25, 0.3) is 0 Å². The van der Waals surface area contributed by atoms with E-state index in [2.05, 4.69) is 20.8 Å². The Morgan fingerprint density at radius 2 is 1.44 bits per heavy atom. The zero-order valence-corrected chi connectivity index (χ0v) is 7.97. The molecule has 0 aliphatic heterocycles. The van der Waals surface area contributed by atoms with Gasteiger partial charge in [-0.1, -0.05) is 20.8 Å². The number of hydrogen-bond donors (Lipinski definition) is 0. The second kappa shape index (κ2) is 2.67. The standard InChI is InChI=1S/C7H14Cl2/c1-6(2,3)7(4,9)5-8/h5H2,1-4H3. The molecule has 0 aliphatic carbocycles. The van der Waals surface area contributed by atoms with Crippen molar-refractivity contribution in [2.75, 3.05) is 5.88 Å². The number of rotatable bonds is 1. The van der Waals surface area contributed by atoms with Crippen LogP contribution in [0.15, 0.2) is 0 Å². The lowest BCUT2D eigenvalue weighted by Gasteiger charge is -2.34. The fraction of sp³-hybridized carbons (Fsp3) is 1.00. The van der Waals surface area contributed by atoms with Gasteiger partial charge >= 0.3 is 0 Å². The predicted molar refractivity (Wildman–Crippen MR) is 44.4 cm³/mol. The molecule has 2 heteroatoms. The first-order valence-corrected chi connectivity index (χ1v) is 3.97. The Hall–Kier alpha value is 0.580. The van der Waals surface area contributed by atoms with E-state index in [0.29, 0.717) is 5.88 Å². The summed E-state index contributed by atoms with van der Waals surface area (Å²) in [5.74, 6) is 0.498. The SMILES string of the molecule is CC(C)(C)C(C)(Cl)CCl. The second-order valence-corrected chi connectivity index (χ2v) is 4.68. The molecule has 0 heterocycles. The molecule has 0 saturated carbocycles. The highest BCUT2D eigenvalue weighted by Crippen LogP contribution is 2.36. The van der Waals surface area contributed by atoms with Crippen molar-refractivity contribution in [1.29, 1.82) is 0 Å². The Morgan fingerprint density at radius 1 is 1.11 bits per heavy atom. The molecule has 0 fully saturated rings. The van der Waals surface area contributed by atoms with Crippen molar-refractivity contribution in [2.45, 2.75) is 32.6 Å². The fourth-order valence-electron chi connectivity index (χ4n) is 0.200. The molecule has 0 spiro atoms. The summed E-state index contributed by atoms with van der Waals surface area (Å²) in [6.45, 7) is 8.22. The first-order valence-electron chi connectivity index (χ1n) is 3.06. The van der Waals surface area contributed by atoms with Gasteiger partial charge in [-0.2, -0.15) is 0 Å². The molecule has 1 atom stereocenters. The maximum absolute atomic E-state index is 6.06. The largest absolute Gasteiger partial charge is 0.125 e. The van der Waals surface area contributed by atoms with Gasteiger partial charge in [-0.25, -0.2) is 0 Å². The Kier molecular flexibility index (Phi) is 2.85. The van der Waals surface area contributed by atoms with Gasteiger partial charge < -0.3 is 0 Å². The van der Waals surface area contributed by atoms with E-state index in [1.807, 2.05) is 6.92 Å². The van der Waals surface area contributed by atoms with Crippen molar-refractivity contribution in [3.05, 3.63) is 0 Å². The summed E-state index contributed by atoms with van der Waals surface area (Å²) in [5.41, 5.74) is 0.0797. The minimum atomic E-state index is -0.283. The van der Waals surface area contributed by atoms with E-state index in [-0.39, 0.29) is 10.3 Å². The second-order valence-electron chi connectivity index (χ2n) is 3.58. The lowest BCUT2D eigenvalue weighted by atomic mass is 9.82. The average Bonchev–Trinajstić information content (AvgIpc) is 1.64. The molecule has 0 saturated heterocycles. The fourth-order valence-corrected chi connectivity index (χ4v) is 0.601. The summed E-state index contributed by atoms with van der Waals surface area (Å²) in [4.78, 5) is -0.283. The predicted octanol–water partition coefficient (Wildman–Crippen LogP) is 3.27. The third-order valence-corrected chi connectivity index (χ3v) is 3.19. The molecule has 1 unspecified atom stereocenters. The Balaban J connectivity index is 4.14. The Labute approximate surface area is 67.5 Å². The Bertz CT molecular complexity index is 89.6. The minimum Gasteiger partial charge on any atom is -0.125 e. The maximum atomic E-state index is 6.06. The number of alkyl halides is 2. The van der Waals surface area contributed by atoms with Crippen molar-refractivity contribution in [3.63, 3.8) is 0 Å². The summed E-state index contributed by atoms with van der Waals surface area (Å²) in [5, 5.41) is 0. The van der Waals surface area contributed by atoms with Crippen LogP contribution in [0.1, 0.15) is 27.7 Å². The molecule has 0 aromatic rings. The smallest absolute Gasteiger partial charge is 0.0601 e. The zero-order valence-electron chi connectivity index (χ0n) is 6.46. The molecule has 9 heavy (non-hydrogen) atoms. The van der Waals surface area contributed by atoms with Gasteiger partial charge in [-0.15, -0.1) is 23.2 Å². The quantitative estimate of drug-likeness (QED) is 0.528. The van der Waals surface area contributed by atoms with Crippen LogP contribution in [0.25, 0.3) is 0 Å². The molecule has 0 bridgehead atoms. The van der Waals surface area contributed by atoms with E-state index in [9.17, 15) is 0 Å². The van der Waals surface area contributed by atoms with Crippen LogP contribution in [-0.2, 0) is 0 Å². The maximum Gasteiger partial charge on any atom is 0.0601 e. The van der Waals surface area contributed by atoms with Crippen LogP contribution < -0.4 is 0 Å². The summed E-state index contributed by atoms with van der Waals surface area (Å²) in [7, 11) is 0. The van der Waals surface area contributed by atoms with Crippen molar-refractivity contribution in [2.24, 2.45) is 5.41 Å². The summed E-state index contributed by atoms with van der Waals surface area (Å²) >= 11 is 11.7. The van der Waals surface area contributed by atoms with Gasteiger partial charge in [0.2, 0.25) is 0 Å². The van der Waals surface area contributed by atoms with Gasteiger partial charge in [0, 0.05) is 5.88 Å². The first kappa shape index (κ1) is 9.58. The monoisotopic (exact) mass is 168 g/mol. The van der Waals surface area contributed by atoms with Crippen LogP contribution in [0.5, 0.6) is 0 Å². The summed E-state index contributed by atoms with van der Waals surface area (Å²) in [6, 6.07) is 0. The highest BCUT2D eigenvalue weighted by atomic mass is 35.5. The van der Waals surface area contributed by atoms with E-state index >= 15 is 0 Å². The minimum absolute atomic E-state index is 0.0797. The molecule has 0 radical (unpaired) electrons.